The highest BCUT2D eigenvalue weighted by Crippen LogP contribution is 2.25. The van der Waals surface area contributed by atoms with Crippen LogP contribution in [0.2, 0.25) is 0 Å². The Kier molecular flexibility index (Phi) is 7.37. The first-order valence-electron chi connectivity index (χ1n) is 10.2. The third-order valence-corrected chi connectivity index (χ3v) is 5.23. The Bertz CT molecular complexity index is 965. The molecule has 0 saturated heterocycles. The highest BCUT2D eigenvalue weighted by atomic mass is 16.5. The number of benzene rings is 2. The average Bonchev–Trinajstić information content (AvgIpc) is 2.82. The minimum absolute atomic E-state index is 0.0124. The molecule has 2 aromatic rings. The van der Waals surface area contributed by atoms with Gasteiger partial charge in [0.2, 0.25) is 5.91 Å². The van der Waals surface area contributed by atoms with E-state index >= 15 is 0 Å². The number of nitrogens with one attached hydrogen (secondary N) is 3. The van der Waals surface area contributed by atoms with Crippen molar-refractivity contribution >= 4 is 29.4 Å². The number of methoxy groups -OCH3 is 1. The fraction of sp³-hybridized carbons (Fsp3) is 0.304. The summed E-state index contributed by atoms with van der Waals surface area (Å²) in [5.74, 6) is -1.59. The van der Waals surface area contributed by atoms with E-state index in [0.29, 0.717) is 11.3 Å². The molecular formula is C23H25N3O5. The Hall–Kier alpha value is -3.68. The van der Waals surface area contributed by atoms with E-state index in [-0.39, 0.29) is 23.0 Å². The molecule has 3 rings (SSSR count). The van der Waals surface area contributed by atoms with Gasteiger partial charge in [-0.25, -0.2) is 4.79 Å². The topological polar surface area (TPSA) is 114 Å². The van der Waals surface area contributed by atoms with Gasteiger partial charge in [0, 0.05) is 22.7 Å². The first kappa shape index (κ1) is 22.0. The SMILES string of the molecule is COC(=O)c1cccc(C(=O)NNC(=O)c2ccc(NC(=O)C3CCCCC3)cc2)c1. The summed E-state index contributed by atoms with van der Waals surface area (Å²) < 4.78 is 4.63. The molecular weight excluding hydrogens is 398 g/mol. The van der Waals surface area contributed by atoms with Crippen molar-refractivity contribution in [3.63, 3.8) is 0 Å². The minimum Gasteiger partial charge on any atom is -0.465 e. The van der Waals surface area contributed by atoms with E-state index < -0.39 is 17.8 Å². The van der Waals surface area contributed by atoms with Crippen LogP contribution in [-0.2, 0) is 9.53 Å². The molecule has 0 heterocycles. The van der Waals surface area contributed by atoms with Gasteiger partial charge in [0.1, 0.15) is 0 Å². The van der Waals surface area contributed by atoms with Crippen molar-refractivity contribution in [3.05, 3.63) is 65.2 Å². The van der Waals surface area contributed by atoms with Gasteiger partial charge >= 0.3 is 5.97 Å². The maximum Gasteiger partial charge on any atom is 0.337 e. The molecule has 0 unspecified atom stereocenters. The van der Waals surface area contributed by atoms with E-state index in [2.05, 4.69) is 20.9 Å². The summed E-state index contributed by atoms with van der Waals surface area (Å²) >= 11 is 0. The molecule has 1 fully saturated rings. The van der Waals surface area contributed by atoms with Crippen LogP contribution in [0.4, 0.5) is 5.69 Å². The summed E-state index contributed by atoms with van der Waals surface area (Å²) in [7, 11) is 1.25. The van der Waals surface area contributed by atoms with E-state index in [1.165, 1.54) is 31.7 Å². The Labute approximate surface area is 180 Å². The number of esters is 1. The number of rotatable bonds is 5. The third-order valence-electron chi connectivity index (χ3n) is 5.23. The molecule has 2 aromatic carbocycles. The minimum atomic E-state index is -0.574. The molecule has 3 amide bonds. The molecule has 0 radical (unpaired) electrons. The van der Waals surface area contributed by atoms with Crippen LogP contribution < -0.4 is 16.2 Å². The largest absolute Gasteiger partial charge is 0.465 e. The highest BCUT2D eigenvalue weighted by molar-refractivity contribution is 6.01. The van der Waals surface area contributed by atoms with Crippen LogP contribution >= 0.6 is 0 Å². The van der Waals surface area contributed by atoms with Crippen molar-refractivity contribution in [1.82, 2.24) is 10.9 Å². The van der Waals surface area contributed by atoms with Crippen LogP contribution in [0.15, 0.2) is 48.5 Å². The zero-order valence-electron chi connectivity index (χ0n) is 17.3. The van der Waals surface area contributed by atoms with Crippen LogP contribution in [-0.4, -0.2) is 30.8 Å². The second-order valence-electron chi connectivity index (χ2n) is 7.38. The monoisotopic (exact) mass is 423 g/mol. The fourth-order valence-corrected chi connectivity index (χ4v) is 3.48. The van der Waals surface area contributed by atoms with E-state index in [0.717, 1.165) is 25.7 Å². The molecule has 162 valence electrons. The molecule has 0 bridgehead atoms. The van der Waals surface area contributed by atoms with Gasteiger partial charge in [0.15, 0.2) is 0 Å². The predicted molar refractivity (Wildman–Crippen MR) is 114 cm³/mol. The zero-order valence-corrected chi connectivity index (χ0v) is 17.3. The van der Waals surface area contributed by atoms with Crippen LogP contribution in [0, 0.1) is 5.92 Å². The van der Waals surface area contributed by atoms with Crippen LogP contribution in [0.1, 0.15) is 63.2 Å². The van der Waals surface area contributed by atoms with Crippen molar-refractivity contribution in [1.29, 1.82) is 0 Å². The average molecular weight is 423 g/mol. The standard InChI is InChI=1S/C23H25N3O5/c1-31-23(30)18-9-5-8-17(14-18)22(29)26-25-21(28)16-10-12-19(13-11-16)24-20(27)15-6-3-2-4-7-15/h5,8-15H,2-4,6-7H2,1H3,(H,24,27)(H,25,28)(H,26,29). The van der Waals surface area contributed by atoms with Crippen molar-refractivity contribution in [2.45, 2.75) is 32.1 Å². The number of hydrogen-bond acceptors (Lipinski definition) is 5. The van der Waals surface area contributed by atoms with Gasteiger partial charge in [0.05, 0.1) is 12.7 Å². The fourth-order valence-electron chi connectivity index (χ4n) is 3.48. The van der Waals surface area contributed by atoms with Gasteiger partial charge in [-0.3, -0.25) is 25.2 Å². The number of amides is 3. The molecule has 0 aromatic heterocycles. The highest BCUT2D eigenvalue weighted by Gasteiger charge is 2.21. The summed E-state index contributed by atoms with van der Waals surface area (Å²) in [6.45, 7) is 0. The molecule has 0 spiro atoms. The molecule has 0 aliphatic heterocycles. The second-order valence-corrected chi connectivity index (χ2v) is 7.38. The first-order valence-corrected chi connectivity index (χ1v) is 10.2. The Balaban J connectivity index is 1.53. The van der Waals surface area contributed by atoms with E-state index in [9.17, 15) is 19.2 Å². The van der Waals surface area contributed by atoms with Gasteiger partial charge < -0.3 is 10.1 Å². The van der Waals surface area contributed by atoms with Crippen molar-refractivity contribution in [2.24, 2.45) is 5.92 Å². The lowest BCUT2D eigenvalue weighted by Gasteiger charge is -2.20. The molecule has 8 heteroatoms. The van der Waals surface area contributed by atoms with Crippen LogP contribution in [0.3, 0.4) is 0 Å². The molecule has 1 saturated carbocycles. The summed E-state index contributed by atoms with van der Waals surface area (Å²) in [4.78, 5) is 48.4. The Morgan fingerprint density at radius 3 is 2.06 bits per heavy atom. The van der Waals surface area contributed by atoms with E-state index in [1.807, 2.05) is 0 Å². The quantitative estimate of drug-likeness (QED) is 0.505. The molecule has 1 aliphatic carbocycles. The van der Waals surface area contributed by atoms with Crippen LogP contribution in [0.25, 0.3) is 0 Å². The Morgan fingerprint density at radius 2 is 1.42 bits per heavy atom. The third kappa shape index (κ3) is 5.91. The van der Waals surface area contributed by atoms with Crippen LogP contribution in [0.5, 0.6) is 0 Å². The van der Waals surface area contributed by atoms with Gasteiger partial charge in [-0.15, -0.1) is 0 Å². The van der Waals surface area contributed by atoms with Crippen molar-refractivity contribution in [3.8, 4) is 0 Å². The first-order chi connectivity index (χ1) is 15.0. The van der Waals surface area contributed by atoms with Gasteiger partial charge in [-0.2, -0.15) is 0 Å². The molecule has 3 N–H and O–H groups in total. The van der Waals surface area contributed by atoms with E-state index in [4.69, 9.17) is 0 Å². The maximum atomic E-state index is 12.3. The summed E-state index contributed by atoms with van der Waals surface area (Å²) in [6, 6.07) is 12.4. The number of ether oxygens (including phenoxy) is 1. The lowest BCUT2D eigenvalue weighted by atomic mass is 9.88. The van der Waals surface area contributed by atoms with Crippen molar-refractivity contribution in [2.75, 3.05) is 12.4 Å². The summed E-state index contributed by atoms with van der Waals surface area (Å²) in [5, 5.41) is 2.89. The summed E-state index contributed by atoms with van der Waals surface area (Å²) in [5.41, 5.74) is 6.01. The van der Waals surface area contributed by atoms with E-state index in [1.54, 1.807) is 30.3 Å². The number of hydrogen-bond donors (Lipinski definition) is 3. The van der Waals surface area contributed by atoms with Crippen molar-refractivity contribution < 1.29 is 23.9 Å². The molecule has 31 heavy (non-hydrogen) atoms. The second kappa shape index (κ2) is 10.4. The zero-order chi connectivity index (χ0) is 22.2. The number of hydrazine groups is 1. The number of carbonyl (C=O) groups excluding carboxylic acids is 4. The maximum absolute atomic E-state index is 12.3. The lowest BCUT2D eigenvalue weighted by molar-refractivity contribution is -0.120. The number of carbonyl (C=O) groups is 4. The molecule has 1 aliphatic rings. The predicted octanol–water partition coefficient (Wildman–Crippen LogP) is 3.07. The lowest BCUT2D eigenvalue weighted by Crippen LogP contribution is -2.41. The van der Waals surface area contributed by atoms with Gasteiger partial charge in [-0.1, -0.05) is 25.3 Å². The van der Waals surface area contributed by atoms with Gasteiger partial charge in [0.25, 0.3) is 11.8 Å². The molecule has 8 nitrogen and oxygen atoms in total. The summed E-state index contributed by atoms with van der Waals surface area (Å²) in [6.07, 6.45) is 5.16. The normalized spacial score (nSPS) is 13.7. The smallest absolute Gasteiger partial charge is 0.337 e. The number of anilines is 1. The Morgan fingerprint density at radius 1 is 0.806 bits per heavy atom. The molecule has 0 atom stereocenters. The van der Waals surface area contributed by atoms with Gasteiger partial charge in [-0.05, 0) is 55.3 Å².